The molecule has 25 heavy (non-hydrogen) atoms. The van der Waals surface area contributed by atoms with E-state index in [0.29, 0.717) is 22.9 Å². The predicted molar refractivity (Wildman–Crippen MR) is 95.3 cm³/mol. The van der Waals surface area contributed by atoms with Crippen molar-refractivity contribution >= 4 is 17.4 Å². The smallest absolute Gasteiger partial charge is 0.246 e. The Labute approximate surface area is 145 Å². The number of Topliss-reactive ketones (excluding diaryl/α,β-unsaturated/α-hetero) is 1. The van der Waals surface area contributed by atoms with Crippen LogP contribution in [0, 0.1) is 6.92 Å². The van der Waals surface area contributed by atoms with Gasteiger partial charge in [-0.3, -0.25) is 9.59 Å². The molecule has 0 bridgehead atoms. The minimum Gasteiger partial charge on any atom is -0.324 e. The van der Waals surface area contributed by atoms with E-state index in [1.165, 1.54) is 6.92 Å². The van der Waals surface area contributed by atoms with Crippen LogP contribution in [-0.2, 0) is 11.3 Å². The van der Waals surface area contributed by atoms with Crippen molar-refractivity contribution in [2.24, 2.45) is 0 Å². The Balaban J connectivity index is 1.78. The van der Waals surface area contributed by atoms with Crippen molar-refractivity contribution in [1.29, 1.82) is 0 Å². The lowest BCUT2D eigenvalue weighted by atomic mass is 10.1. The Morgan fingerprint density at radius 2 is 1.84 bits per heavy atom. The summed E-state index contributed by atoms with van der Waals surface area (Å²) in [6.45, 7) is 3.32. The van der Waals surface area contributed by atoms with Crippen LogP contribution < -0.4 is 5.32 Å². The minimum atomic E-state index is -0.234. The van der Waals surface area contributed by atoms with E-state index in [-0.39, 0.29) is 18.2 Å². The molecule has 0 fully saturated rings. The first-order valence-electron chi connectivity index (χ1n) is 7.90. The van der Waals surface area contributed by atoms with Crippen LogP contribution in [0.4, 0.5) is 5.69 Å². The summed E-state index contributed by atoms with van der Waals surface area (Å²) in [5, 5.41) is 7.10. The molecular weight excluding hydrogens is 316 g/mol. The SMILES string of the molecule is CC(=O)c1cccc(NC(=O)Cn2nc(C)nc2-c2ccccc2)c1. The van der Waals surface area contributed by atoms with Crippen molar-refractivity contribution in [3.63, 3.8) is 0 Å². The standard InChI is InChI=1S/C19H18N4O2/c1-13(24)16-9-6-10-17(11-16)21-18(25)12-23-19(20-14(2)22-23)15-7-4-3-5-8-15/h3-11H,12H2,1-2H3,(H,21,25). The van der Waals surface area contributed by atoms with Gasteiger partial charge in [-0.2, -0.15) is 5.10 Å². The third-order valence-electron chi connectivity index (χ3n) is 3.66. The molecule has 1 heterocycles. The molecule has 0 spiro atoms. The molecular formula is C19H18N4O2. The molecule has 2 aromatic carbocycles. The van der Waals surface area contributed by atoms with Gasteiger partial charge in [0.15, 0.2) is 11.6 Å². The summed E-state index contributed by atoms with van der Waals surface area (Å²) in [6, 6.07) is 16.5. The van der Waals surface area contributed by atoms with Crippen LogP contribution in [0.1, 0.15) is 23.1 Å². The summed E-state index contributed by atoms with van der Waals surface area (Å²) in [6.07, 6.45) is 0. The van der Waals surface area contributed by atoms with Gasteiger partial charge in [0.2, 0.25) is 5.91 Å². The second kappa shape index (κ2) is 7.09. The maximum Gasteiger partial charge on any atom is 0.246 e. The fraction of sp³-hybridized carbons (Fsp3) is 0.158. The monoisotopic (exact) mass is 334 g/mol. The quantitative estimate of drug-likeness (QED) is 0.727. The van der Waals surface area contributed by atoms with E-state index >= 15 is 0 Å². The zero-order valence-corrected chi connectivity index (χ0v) is 14.1. The fourth-order valence-electron chi connectivity index (χ4n) is 2.52. The van der Waals surface area contributed by atoms with Gasteiger partial charge >= 0.3 is 0 Å². The molecule has 1 N–H and O–H groups in total. The molecule has 0 radical (unpaired) electrons. The van der Waals surface area contributed by atoms with Gasteiger partial charge in [0, 0.05) is 16.8 Å². The molecule has 0 aliphatic rings. The molecule has 1 aromatic heterocycles. The summed E-state index contributed by atoms with van der Waals surface area (Å²) >= 11 is 0. The molecule has 0 aliphatic carbocycles. The second-order valence-electron chi connectivity index (χ2n) is 5.69. The lowest BCUT2D eigenvalue weighted by Crippen LogP contribution is -2.20. The van der Waals surface area contributed by atoms with E-state index in [4.69, 9.17) is 0 Å². The number of amides is 1. The highest BCUT2D eigenvalue weighted by Gasteiger charge is 2.13. The number of benzene rings is 2. The van der Waals surface area contributed by atoms with E-state index in [9.17, 15) is 9.59 Å². The van der Waals surface area contributed by atoms with Crippen molar-refractivity contribution in [3.8, 4) is 11.4 Å². The third-order valence-corrected chi connectivity index (χ3v) is 3.66. The molecule has 0 aliphatic heterocycles. The Morgan fingerprint density at radius 3 is 2.56 bits per heavy atom. The molecule has 6 heteroatoms. The maximum atomic E-state index is 12.4. The Morgan fingerprint density at radius 1 is 1.08 bits per heavy atom. The predicted octanol–water partition coefficient (Wildman–Crippen LogP) is 3.09. The molecule has 0 saturated heterocycles. The third kappa shape index (κ3) is 3.98. The van der Waals surface area contributed by atoms with Crippen molar-refractivity contribution in [2.45, 2.75) is 20.4 Å². The zero-order valence-electron chi connectivity index (χ0n) is 14.1. The topological polar surface area (TPSA) is 76.9 Å². The second-order valence-corrected chi connectivity index (χ2v) is 5.69. The highest BCUT2D eigenvalue weighted by Crippen LogP contribution is 2.17. The molecule has 3 aromatic rings. The first kappa shape index (κ1) is 16.6. The number of carbonyl (C=O) groups excluding carboxylic acids is 2. The molecule has 0 unspecified atom stereocenters. The van der Waals surface area contributed by atoms with E-state index < -0.39 is 0 Å². The average molecular weight is 334 g/mol. The largest absolute Gasteiger partial charge is 0.324 e. The average Bonchev–Trinajstić information content (AvgIpc) is 2.96. The van der Waals surface area contributed by atoms with Crippen molar-refractivity contribution in [1.82, 2.24) is 14.8 Å². The number of anilines is 1. The van der Waals surface area contributed by atoms with Crippen molar-refractivity contribution in [3.05, 3.63) is 66.0 Å². The maximum absolute atomic E-state index is 12.4. The number of aromatic nitrogens is 3. The number of hydrogen-bond donors (Lipinski definition) is 1. The molecule has 1 amide bonds. The molecule has 0 atom stereocenters. The fourth-order valence-corrected chi connectivity index (χ4v) is 2.52. The summed E-state index contributed by atoms with van der Waals surface area (Å²) in [5.41, 5.74) is 2.03. The van der Waals surface area contributed by atoms with Crippen LogP contribution in [-0.4, -0.2) is 26.5 Å². The Hall–Kier alpha value is -3.28. The minimum absolute atomic E-state index is 0.0371. The van der Waals surface area contributed by atoms with Gasteiger partial charge in [0.25, 0.3) is 0 Å². The number of hydrogen-bond acceptors (Lipinski definition) is 4. The summed E-state index contributed by atoms with van der Waals surface area (Å²) in [4.78, 5) is 28.2. The normalized spacial score (nSPS) is 10.5. The lowest BCUT2D eigenvalue weighted by molar-refractivity contribution is -0.116. The van der Waals surface area contributed by atoms with E-state index in [0.717, 1.165) is 5.56 Å². The molecule has 0 saturated carbocycles. The number of aryl methyl sites for hydroxylation is 1. The van der Waals surface area contributed by atoms with E-state index in [2.05, 4.69) is 15.4 Å². The van der Waals surface area contributed by atoms with Gasteiger partial charge in [-0.05, 0) is 26.0 Å². The van der Waals surface area contributed by atoms with Gasteiger partial charge in [0.1, 0.15) is 12.4 Å². The molecule has 6 nitrogen and oxygen atoms in total. The lowest BCUT2D eigenvalue weighted by Gasteiger charge is -2.08. The number of nitrogens with zero attached hydrogens (tertiary/aromatic N) is 3. The first-order valence-corrected chi connectivity index (χ1v) is 7.90. The van der Waals surface area contributed by atoms with E-state index in [1.807, 2.05) is 30.3 Å². The summed E-state index contributed by atoms with van der Waals surface area (Å²) in [7, 11) is 0. The molecule has 3 rings (SSSR count). The van der Waals surface area contributed by atoms with Crippen LogP contribution in [0.2, 0.25) is 0 Å². The van der Waals surface area contributed by atoms with Crippen LogP contribution in [0.3, 0.4) is 0 Å². The van der Waals surface area contributed by atoms with Gasteiger partial charge in [0.05, 0.1) is 0 Å². The van der Waals surface area contributed by atoms with Crippen LogP contribution in [0.15, 0.2) is 54.6 Å². The highest BCUT2D eigenvalue weighted by molar-refractivity contribution is 5.97. The number of nitrogens with one attached hydrogen (secondary N) is 1. The molecule has 126 valence electrons. The van der Waals surface area contributed by atoms with Gasteiger partial charge in [-0.25, -0.2) is 9.67 Å². The van der Waals surface area contributed by atoms with Gasteiger partial charge in [-0.1, -0.05) is 42.5 Å². The number of ketones is 1. The summed E-state index contributed by atoms with van der Waals surface area (Å²) in [5.74, 6) is 0.966. The summed E-state index contributed by atoms with van der Waals surface area (Å²) < 4.78 is 1.58. The van der Waals surface area contributed by atoms with Crippen LogP contribution >= 0.6 is 0 Å². The highest BCUT2D eigenvalue weighted by atomic mass is 16.2. The Kier molecular flexibility index (Phi) is 4.70. The van der Waals surface area contributed by atoms with Crippen molar-refractivity contribution < 1.29 is 9.59 Å². The van der Waals surface area contributed by atoms with E-state index in [1.54, 1.807) is 35.9 Å². The van der Waals surface area contributed by atoms with Crippen LogP contribution in [0.5, 0.6) is 0 Å². The van der Waals surface area contributed by atoms with Gasteiger partial charge < -0.3 is 5.32 Å². The number of rotatable bonds is 5. The van der Waals surface area contributed by atoms with Crippen molar-refractivity contribution in [2.75, 3.05) is 5.32 Å². The Bertz CT molecular complexity index is 916. The van der Waals surface area contributed by atoms with Gasteiger partial charge in [-0.15, -0.1) is 0 Å². The zero-order chi connectivity index (χ0) is 17.8. The first-order chi connectivity index (χ1) is 12.0. The van der Waals surface area contributed by atoms with Crippen LogP contribution in [0.25, 0.3) is 11.4 Å². The number of carbonyl (C=O) groups is 2.